The van der Waals surface area contributed by atoms with Crippen LogP contribution in [0.3, 0.4) is 0 Å². The van der Waals surface area contributed by atoms with Crippen LogP contribution in [0.25, 0.3) is 0 Å². The van der Waals surface area contributed by atoms with Crippen molar-refractivity contribution in [3.05, 3.63) is 0 Å². The fraction of sp³-hybridized carbons (Fsp3) is 1.00. The molecule has 2 fully saturated rings. The van der Waals surface area contributed by atoms with E-state index in [1.807, 2.05) is 0 Å². The van der Waals surface area contributed by atoms with Crippen molar-refractivity contribution in [1.82, 2.24) is 4.90 Å². The van der Waals surface area contributed by atoms with Crippen LogP contribution >= 0.6 is 11.8 Å². The first-order chi connectivity index (χ1) is 7.21. The summed E-state index contributed by atoms with van der Waals surface area (Å²) in [6, 6.07) is 0.216. The molecule has 2 rings (SSSR count). The molecular formula is C11H22N2OS. The molecule has 3 nitrogen and oxygen atoms in total. The predicted molar refractivity (Wildman–Crippen MR) is 65.3 cm³/mol. The molecular weight excluding hydrogens is 208 g/mol. The Kier molecular flexibility index (Phi) is 3.93. The van der Waals surface area contributed by atoms with Gasteiger partial charge in [0.25, 0.3) is 0 Å². The van der Waals surface area contributed by atoms with Crippen LogP contribution in [0, 0.1) is 5.41 Å². The van der Waals surface area contributed by atoms with Crippen LogP contribution in [0.2, 0.25) is 0 Å². The van der Waals surface area contributed by atoms with Gasteiger partial charge in [0.1, 0.15) is 0 Å². The third-order valence-electron chi connectivity index (χ3n) is 3.52. The van der Waals surface area contributed by atoms with E-state index in [2.05, 4.69) is 23.6 Å². The number of hydrogen-bond donors (Lipinski definition) is 1. The van der Waals surface area contributed by atoms with Crippen LogP contribution in [-0.4, -0.2) is 55.3 Å². The molecule has 0 saturated carbocycles. The Morgan fingerprint density at radius 3 is 3.07 bits per heavy atom. The summed E-state index contributed by atoms with van der Waals surface area (Å²) >= 11 is 2.07. The lowest BCUT2D eigenvalue weighted by Gasteiger charge is -2.33. The van der Waals surface area contributed by atoms with E-state index in [1.54, 1.807) is 0 Å². The van der Waals surface area contributed by atoms with Crippen molar-refractivity contribution >= 4 is 11.8 Å². The molecule has 0 aliphatic carbocycles. The van der Waals surface area contributed by atoms with E-state index in [-0.39, 0.29) is 11.5 Å². The molecule has 88 valence electrons. The molecule has 0 amide bonds. The zero-order chi connectivity index (χ0) is 10.7. The second-order valence-corrected chi connectivity index (χ2v) is 6.24. The number of ether oxygens (including phenoxy) is 1. The first-order valence-corrected chi connectivity index (χ1v) is 7.00. The standard InChI is InChI=1S/C11H22N2OS/c1-11(9-14-7-10(11)12)8-13-3-2-5-15-6-4-13/h10H,2-9,12H2,1H3. The minimum Gasteiger partial charge on any atom is -0.379 e. The van der Waals surface area contributed by atoms with E-state index >= 15 is 0 Å². The van der Waals surface area contributed by atoms with Gasteiger partial charge in [0.15, 0.2) is 0 Å². The maximum Gasteiger partial charge on any atom is 0.0624 e. The highest BCUT2D eigenvalue weighted by Crippen LogP contribution is 2.28. The van der Waals surface area contributed by atoms with Crippen molar-refractivity contribution in [2.75, 3.05) is 44.4 Å². The van der Waals surface area contributed by atoms with E-state index in [0.717, 1.165) is 19.8 Å². The zero-order valence-electron chi connectivity index (χ0n) is 9.58. The summed E-state index contributed by atoms with van der Waals surface area (Å²) in [6.07, 6.45) is 1.32. The van der Waals surface area contributed by atoms with Crippen LogP contribution < -0.4 is 5.73 Å². The number of rotatable bonds is 2. The Bertz CT molecular complexity index is 207. The second-order valence-electron chi connectivity index (χ2n) is 5.02. The summed E-state index contributed by atoms with van der Waals surface area (Å²) in [6.45, 7) is 7.39. The first-order valence-electron chi connectivity index (χ1n) is 5.84. The highest BCUT2D eigenvalue weighted by atomic mass is 32.2. The summed E-state index contributed by atoms with van der Waals surface area (Å²) < 4.78 is 5.49. The Morgan fingerprint density at radius 1 is 1.47 bits per heavy atom. The lowest BCUT2D eigenvalue weighted by Crippen LogP contribution is -2.47. The van der Waals surface area contributed by atoms with E-state index in [1.165, 1.54) is 31.0 Å². The molecule has 2 unspecified atom stereocenters. The normalized spacial score (nSPS) is 39.2. The fourth-order valence-electron chi connectivity index (χ4n) is 2.36. The van der Waals surface area contributed by atoms with Gasteiger partial charge in [-0.1, -0.05) is 6.92 Å². The van der Waals surface area contributed by atoms with Crippen LogP contribution in [0.4, 0.5) is 0 Å². The third-order valence-corrected chi connectivity index (χ3v) is 4.57. The van der Waals surface area contributed by atoms with Gasteiger partial charge in [-0.05, 0) is 18.7 Å². The summed E-state index contributed by atoms with van der Waals surface area (Å²) in [4.78, 5) is 2.56. The van der Waals surface area contributed by atoms with Gasteiger partial charge in [0.05, 0.1) is 13.2 Å². The van der Waals surface area contributed by atoms with Crippen molar-refractivity contribution in [2.45, 2.75) is 19.4 Å². The lowest BCUT2D eigenvalue weighted by atomic mass is 9.85. The van der Waals surface area contributed by atoms with Crippen LogP contribution in [0.15, 0.2) is 0 Å². The van der Waals surface area contributed by atoms with E-state index in [9.17, 15) is 0 Å². The minimum atomic E-state index is 0.176. The quantitative estimate of drug-likeness (QED) is 0.761. The summed E-state index contributed by atoms with van der Waals surface area (Å²) in [5, 5.41) is 0. The van der Waals surface area contributed by atoms with Crippen molar-refractivity contribution in [2.24, 2.45) is 11.1 Å². The molecule has 0 aromatic rings. The van der Waals surface area contributed by atoms with Gasteiger partial charge >= 0.3 is 0 Å². The SMILES string of the molecule is CC1(CN2CCCSCC2)COCC1N. The molecule has 2 aliphatic rings. The number of nitrogens with zero attached hydrogens (tertiary/aromatic N) is 1. The molecule has 2 aliphatic heterocycles. The Hall–Kier alpha value is 0.230. The molecule has 2 saturated heterocycles. The molecule has 15 heavy (non-hydrogen) atoms. The zero-order valence-corrected chi connectivity index (χ0v) is 10.4. The van der Waals surface area contributed by atoms with Crippen LogP contribution in [0.1, 0.15) is 13.3 Å². The molecule has 2 heterocycles. The van der Waals surface area contributed by atoms with Gasteiger partial charge in [-0.2, -0.15) is 11.8 Å². The second kappa shape index (κ2) is 5.04. The van der Waals surface area contributed by atoms with Crippen molar-refractivity contribution < 1.29 is 4.74 Å². The Labute approximate surface area is 96.7 Å². The van der Waals surface area contributed by atoms with Gasteiger partial charge in [0.2, 0.25) is 0 Å². The molecule has 2 atom stereocenters. The van der Waals surface area contributed by atoms with E-state index in [4.69, 9.17) is 10.5 Å². The maximum atomic E-state index is 6.11. The maximum absolute atomic E-state index is 6.11. The summed E-state index contributed by atoms with van der Waals surface area (Å²) in [5.41, 5.74) is 6.29. The first kappa shape index (κ1) is 11.7. The van der Waals surface area contributed by atoms with Crippen molar-refractivity contribution in [3.8, 4) is 0 Å². The highest BCUT2D eigenvalue weighted by molar-refractivity contribution is 7.99. The molecule has 0 radical (unpaired) electrons. The smallest absolute Gasteiger partial charge is 0.0624 e. The molecule has 0 aromatic heterocycles. The van der Waals surface area contributed by atoms with Gasteiger partial charge in [0, 0.05) is 30.3 Å². The highest BCUT2D eigenvalue weighted by Gasteiger charge is 2.38. The predicted octanol–water partition coefficient (Wildman–Crippen LogP) is 0.789. The lowest BCUT2D eigenvalue weighted by molar-refractivity contribution is 0.123. The topological polar surface area (TPSA) is 38.5 Å². The summed E-state index contributed by atoms with van der Waals surface area (Å²) in [5.74, 6) is 2.59. The average molecular weight is 230 g/mol. The largest absolute Gasteiger partial charge is 0.379 e. The van der Waals surface area contributed by atoms with Crippen LogP contribution in [-0.2, 0) is 4.74 Å². The molecule has 4 heteroatoms. The van der Waals surface area contributed by atoms with Gasteiger partial charge in [-0.3, -0.25) is 0 Å². The monoisotopic (exact) mass is 230 g/mol. The number of hydrogen-bond acceptors (Lipinski definition) is 4. The van der Waals surface area contributed by atoms with Gasteiger partial charge in [-0.15, -0.1) is 0 Å². The minimum absolute atomic E-state index is 0.176. The third kappa shape index (κ3) is 2.87. The van der Waals surface area contributed by atoms with E-state index in [0.29, 0.717) is 0 Å². The van der Waals surface area contributed by atoms with Gasteiger partial charge < -0.3 is 15.4 Å². The Balaban J connectivity index is 1.88. The van der Waals surface area contributed by atoms with E-state index < -0.39 is 0 Å². The fourth-order valence-corrected chi connectivity index (χ4v) is 3.28. The molecule has 0 spiro atoms. The molecule has 2 N–H and O–H groups in total. The van der Waals surface area contributed by atoms with Gasteiger partial charge in [-0.25, -0.2) is 0 Å². The van der Waals surface area contributed by atoms with Crippen molar-refractivity contribution in [3.63, 3.8) is 0 Å². The summed E-state index contributed by atoms with van der Waals surface area (Å²) in [7, 11) is 0. The molecule has 0 aromatic carbocycles. The van der Waals surface area contributed by atoms with Crippen molar-refractivity contribution in [1.29, 1.82) is 0 Å². The Morgan fingerprint density at radius 2 is 2.33 bits per heavy atom. The average Bonchev–Trinajstić information content (AvgIpc) is 2.44. The molecule has 0 bridgehead atoms. The number of thioether (sulfide) groups is 1. The number of nitrogens with two attached hydrogens (primary N) is 1. The van der Waals surface area contributed by atoms with Crippen LogP contribution in [0.5, 0.6) is 0 Å².